The van der Waals surface area contributed by atoms with Crippen LogP contribution >= 0.6 is 8.86 Å². The largest absolute Gasteiger partial charge is 0.480 e. The molecule has 6 nitrogen and oxygen atoms in total. The summed E-state index contributed by atoms with van der Waals surface area (Å²) < 4.78 is 0. The van der Waals surface area contributed by atoms with Crippen molar-refractivity contribution in [3.63, 3.8) is 0 Å². The summed E-state index contributed by atoms with van der Waals surface area (Å²) in [6.45, 7) is 7.70. The lowest BCUT2D eigenvalue weighted by Crippen LogP contribution is -2.41. The van der Waals surface area contributed by atoms with Crippen molar-refractivity contribution in [2.24, 2.45) is 5.92 Å². The molecule has 0 aliphatic heterocycles. The number of unbranched alkanes of at least 4 members (excludes halogenated alkanes) is 12. The summed E-state index contributed by atoms with van der Waals surface area (Å²) in [7, 11) is 3.39. The summed E-state index contributed by atoms with van der Waals surface area (Å²) in [5.74, 6) is 0.818. The average Bonchev–Trinajstić information content (AvgIpc) is 2.79. The number of amides is 1. The lowest BCUT2D eigenvalue weighted by molar-refractivity contribution is -0.142. The van der Waals surface area contributed by atoms with Gasteiger partial charge in [-0.1, -0.05) is 90.4 Å². The molecule has 3 N–H and O–H groups in total. The highest BCUT2D eigenvalue weighted by Gasteiger charge is 2.20. The Balaban J connectivity index is 3.77. The molecule has 0 saturated carbocycles. The maximum atomic E-state index is 12.1. The van der Waals surface area contributed by atoms with Crippen molar-refractivity contribution in [1.29, 1.82) is 0 Å². The Hall–Kier alpha value is -1.68. The Morgan fingerprint density at radius 1 is 0.853 bits per heavy atom. The van der Waals surface area contributed by atoms with Gasteiger partial charge in [-0.25, -0.2) is 4.79 Å². The first-order chi connectivity index (χ1) is 16.3. The molecule has 1 unspecified atom stereocenters. The summed E-state index contributed by atoms with van der Waals surface area (Å²) in [4.78, 5) is 35.3. The van der Waals surface area contributed by atoms with Crippen LogP contribution in [-0.4, -0.2) is 41.1 Å². The molecule has 0 aromatic carbocycles. The number of rotatable bonds is 24. The third kappa shape index (κ3) is 19.8. The van der Waals surface area contributed by atoms with Crippen LogP contribution in [0.3, 0.4) is 0 Å². The molecule has 0 spiro atoms. The zero-order valence-electron chi connectivity index (χ0n) is 21.6. The van der Waals surface area contributed by atoms with Crippen LogP contribution in [0, 0.1) is 5.92 Å². The number of nitrogens with one attached hydrogen (secondary N) is 2. The van der Waals surface area contributed by atoms with Crippen molar-refractivity contribution in [2.75, 3.05) is 6.54 Å². The van der Waals surface area contributed by atoms with Gasteiger partial charge in [0.15, 0.2) is 5.78 Å². The molecule has 34 heavy (non-hydrogen) atoms. The maximum absolute atomic E-state index is 12.1. The molecule has 0 saturated heterocycles. The van der Waals surface area contributed by atoms with E-state index < -0.39 is 12.0 Å². The van der Waals surface area contributed by atoms with Crippen molar-refractivity contribution >= 4 is 32.3 Å². The quantitative estimate of drug-likeness (QED) is 0.111. The number of carboxylic acids is 1. The molecule has 0 rings (SSSR count). The van der Waals surface area contributed by atoms with Crippen LogP contribution in [0.2, 0.25) is 0 Å². The van der Waals surface area contributed by atoms with Gasteiger partial charge in [0, 0.05) is 18.0 Å². The van der Waals surface area contributed by atoms with Crippen LogP contribution < -0.4 is 10.6 Å². The standard InChI is InChI=1S/C27H49N2O4P/c1-22(2)25(30)21-28-23(3)18-19-24(27(32)33)29-26(31)17-15-13-11-9-7-5-4-6-8-10-12-14-16-20-34/h20,22,24,28,34H,3-19,21H2,1-2H3,(H,29,31)(H,32,33). The molecule has 0 bridgehead atoms. The second-order valence-electron chi connectivity index (χ2n) is 9.56. The summed E-state index contributed by atoms with van der Waals surface area (Å²) in [5.41, 5.74) is 0.610. The van der Waals surface area contributed by atoms with Crippen LogP contribution in [0.1, 0.15) is 117 Å². The van der Waals surface area contributed by atoms with Crippen molar-refractivity contribution in [2.45, 2.75) is 123 Å². The van der Waals surface area contributed by atoms with Gasteiger partial charge in [0.25, 0.3) is 0 Å². The number of hydrogen-bond acceptors (Lipinski definition) is 4. The normalized spacial score (nSPS) is 11.7. The van der Waals surface area contributed by atoms with E-state index in [1.54, 1.807) is 0 Å². The molecule has 0 heterocycles. The summed E-state index contributed by atoms with van der Waals surface area (Å²) in [6.07, 6.45) is 16.8. The summed E-state index contributed by atoms with van der Waals surface area (Å²) >= 11 is 0. The van der Waals surface area contributed by atoms with E-state index in [4.69, 9.17) is 0 Å². The van der Waals surface area contributed by atoms with Crippen LogP contribution in [0.15, 0.2) is 12.3 Å². The third-order valence-corrected chi connectivity index (χ3v) is 6.32. The second-order valence-corrected chi connectivity index (χ2v) is 9.97. The Bertz CT molecular complexity index is 607. The second kappa shape index (κ2) is 21.8. The minimum Gasteiger partial charge on any atom is -0.480 e. The number of carbonyl (C=O) groups excluding carboxylic acids is 2. The summed E-state index contributed by atoms with van der Waals surface area (Å²) in [6, 6.07) is -0.936. The van der Waals surface area contributed by atoms with Crippen LogP contribution in [0.25, 0.3) is 0 Å². The van der Waals surface area contributed by atoms with Crippen molar-refractivity contribution in [1.82, 2.24) is 10.6 Å². The predicted octanol–water partition coefficient (Wildman–Crippen LogP) is 6.07. The molecular formula is C27H49N2O4P. The molecule has 1 amide bonds. The third-order valence-electron chi connectivity index (χ3n) is 6.03. The highest BCUT2D eigenvalue weighted by molar-refractivity contribution is 7.18. The lowest BCUT2D eigenvalue weighted by atomic mass is 10.0. The zero-order chi connectivity index (χ0) is 25.6. The Labute approximate surface area is 210 Å². The van der Waals surface area contributed by atoms with Crippen molar-refractivity contribution in [3.05, 3.63) is 12.3 Å². The molecule has 0 radical (unpaired) electrons. The molecular weight excluding hydrogens is 447 g/mol. The van der Waals surface area contributed by atoms with Crippen LogP contribution in [-0.2, 0) is 14.4 Å². The van der Waals surface area contributed by atoms with Gasteiger partial charge in [-0.2, -0.15) is 0 Å². The molecule has 0 aromatic heterocycles. The SMILES string of the molecule is C=C(CCC(NC(=O)CCCCCCCCCCCCCCC=P)C(=O)O)NCC(=O)C(C)C. The van der Waals surface area contributed by atoms with Gasteiger partial charge in [0.2, 0.25) is 5.91 Å². The van der Waals surface area contributed by atoms with Gasteiger partial charge in [-0.05, 0) is 32.1 Å². The highest BCUT2D eigenvalue weighted by Crippen LogP contribution is 2.13. The maximum Gasteiger partial charge on any atom is 0.326 e. The Kier molecular flexibility index (Phi) is 20.7. The Morgan fingerprint density at radius 3 is 1.82 bits per heavy atom. The first-order valence-corrected chi connectivity index (χ1v) is 13.8. The van der Waals surface area contributed by atoms with E-state index in [-0.39, 0.29) is 30.6 Å². The first kappa shape index (κ1) is 32.3. The molecule has 0 aromatic rings. The van der Waals surface area contributed by atoms with Crippen LogP contribution in [0.4, 0.5) is 0 Å². The van der Waals surface area contributed by atoms with Crippen molar-refractivity contribution in [3.8, 4) is 0 Å². The lowest BCUT2D eigenvalue weighted by Gasteiger charge is -2.16. The van der Waals surface area contributed by atoms with E-state index >= 15 is 0 Å². The van der Waals surface area contributed by atoms with E-state index in [2.05, 4.69) is 31.9 Å². The first-order valence-electron chi connectivity index (χ1n) is 13.2. The number of allylic oxidation sites excluding steroid dienone is 1. The smallest absolute Gasteiger partial charge is 0.326 e. The number of aliphatic carboxylic acids is 1. The molecule has 0 fully saturated rings. The molecule has 0 aliphatic rings. The van der Waals surface area contributed by atoms with Gasteiger partial charge in [-0.15, -0.1) is 8.86 Å². The van der Waals surface area contributed by atoms with E-state index in [0.717, 1.165) is 25.7 Å². The highest BCUT2D eigenvalue weighted by atomic mass is 31.0. The minimum absolute atomic E-state index is 0.0563. The average molecular weight is 497 g/mol. The number of Topliss-reactive ketones (excluding diaryl/α,β-unsaturated/α-hetero) is 1. The molecule has 7 heteroatoms. The fourth-order valence-electron chi connectivity index (χ4n) is 3.65. The van der Waals surface area contributed by atoms with E-state index in [9.17, 15) is 19.5 Å². The van der Waals surface area contributed by atoms with Gasteiger partial charge < -0.3 is 15.7 Å². The monoisotopic (exact) mass is 496 g/mol. The topological polar surface area (TPSA) is 95.5 Å². The van der Waals surface area contributed by atoms with E-state index in [1.165, 1.54) is 57.8 Å². The molecule has 0 aliphatic carbocycles. The van der Waals surface area contributed by atoms with Gasteiger partial charge in [-0.3, -0.25) is 9.59 Å². The number of hydrogen-bond donors (Lipinski definition) is 3. The number of carbonyl (C=O) groups is 3. The fourth-order valence-corrected chi connectivity index (χ4v) is 3.85. The van der Waals surface area contributed by atoms with Gasteiger partial charge in [0.1, 0.15) is 6.04 Å². The minimum atomic E-state index is -1.04. The fraction of sp³-hybridized carbons (Fsp3) is 0.778. The van der Waals surface area contributed by atoms with Gasteiger partial charge >= 0.3 is 5.97 Å². The van der Waals surface area contributed by atoms with Gasteiger partial charge in [0.05, 0.1) is 6.54 Å². The van der Waals surface area contributed by atoms with E-state index in [1.807, 2.05) is 13.8 Å². The summed E-state index contributed by atoms with van der Waals surface area (Å²) in [5, 5.41) is 15.0. The zero-order valence-corrected chi connectivity index (χ0v) is 22.6. The molecule has 196 valence electrons. The Morgan fingerprint density at radius 2 is 1.35 bits per heavy atom. The predicted molar refractivity (Wildman–Crippen MR) is 145 cm³/mol. The molecule has 1 atom stereocenters. The number of ketones is 1. The number of carboxylic acid groups (broad SMARTS) is 1. The van der Waals surface area contributed by atoms with Crippen molar-refractivity contribution < 1.29 is 19.5 Å². The van der Waals surface area contributed by atoms with E-state index in [0.29, 0.717) is 18.5 Å². The van der Waals surface area contributed by atoms with Crippen LogP contribution in [0.5, 0.6) is 0 Å².